The second kappa shape index (κ2) is 7.36. The van der Waals surface area contributed by atoms with Crippen LogP contribution in [0.5, 0.6) is 0 Å². The summed E-state index contributed by atoms with van der Waals surface area (Å²) in [4.78, 5) is 35.8. The van der Waals surface area contributed by atoms with Gasteiger partial charge in [-0.25, -0.2) is 4.79 Å². The van der Waals surface area contributed by atoms with Gasteiger partial charge in [0.1, 0.15) is 0 Å². The van der Waals surface area contributed by atoms with Crippen molar-refractivity contribution in [3.63, 3.8) is 0 Å². The number of rotatable bonds is 5. The molecule has 1 fully saturated rings. The lowest BCUT2D eigenvalue weighted by Crippen LogP contribution is -2.36. The van der Waals surface area contributed by atoms with Gasteiger partial charge < -0.3 is 10.0 Å². The van der Waals surface area contributed by atoms with E-state index in [1.54, 1.807) is 12.1 Å². The van der Waals surface area contributed by atoms with Crippen molar-refractivity contribution in [2.75, 3.05) is 13.1 Å². The van der Waals surface area contributed by atoms with Gasteiger partial charge in [-0.15, -0.1) is 0 Å². The number of likely N-dealkylation sites (tertiary alicyclic amines) is 1. The van der Waals surface area contributed by atoms with Gasteiger partial charge in [0.2, 0.25) is 5.78 Å². The lowest BCUT2D eigenvalue weighted by molar-refractivity contribution is -0.422. The highest BCUT2D eigenvalue weighted by molar-refractivity contribution is 9.10. The Balaban J connectivity index is 2.54. The van der Waals surface area contributed by atoms with E-state index in [1.165, 1.54) is 17.0 Å². The van der Waals surface area contributed by atoms with Gasteiger partial charge >= 0.3 is 11.7 Å². The van der Waals surface area contributed by atoms with Crippen molar-refractivity contribution in [3.8, 4) is 0 Å². The SMILES string of the molecule is O=C(O)/C(=C(/C(=O)c1ccc(Br)cc1)N1CCCCC1)[N+](=O)[O-]. The Morgan fingerprint density at radius 2 is 1.70 bits per heavy atom. The van der Waals surface area contributed by atoms with E-state index >= 15 is 0 Å². The normalized spacial score (nSPS) is 15.8. The Kier molecular flexibility index (Phi) is 5.49. The zero-order valence-corrected chi connectivity index (χ0v) is 13.8. The molecule has 0 saturated carbocycles. The first-order chi connectivity index (χ1) is 10.9. The number of carboxylic acids is 1. The van der Waals surface area contributed by atoms with Gasteiger partial charge in [0.15, 0.2) is 5.70 Å². The molecule has 0 bridgehead atoms. The lowest BCUT2D eigenvalue weighted by atomic mass is 10.0. The van der Waals surface area contributed by atoms with Gasteiger partial charge in [-0.1, -0.05) is 15.9 Å². The zero-order chi connectivity index (χ0) is 17.0. The molecule has 0 radical (unpaired) electrons. The molecule has 122 valence electrons. The summed E-state index contributed by atoms with van der Waals surface area (Å²) >= 11 is 3.25. The van der Waals surface area contributed by atoms with Crippen LogP contribution < -0.4 is 0 Å². The summed E-state index contributed by atoms with van der Waals surface area (Å²) in [6.45, 7) is 0.866. The van der Waals surface area contributed by atoms with Crippen molar-refractivity contribution < 1.29 is 19.6 Å². The van der Waals surface area contributed by atoms with Gasteiger partial charge in [-0.3, -0.25) is 14.9 Å². The van der Waals surface area contributed by atoms with Crippen LogP contribution in [0, 0.1) is 10.1 Å². The summed E-state index contributed by atoms with van der Waals surface area (Å²) < 4.78 is 0.755. The van der Waals surface area contributed by atoms with Gasteiger partial charge in [-0.2, -0.15) is 0 Å². The smallest absolute Gasteiger partial charge is 0.409 e. The third-order valence-corrected chi connectivity index (χ3v) is 4.13. The van der Waals surface area contributed by atoms with E-state index in [1.807, 2.05) is 0 Å². The van der Waals surface area contributed by atoms with Gasteiger partial charge in [0.25, 0.3) is 0 Å². The van der Waals surface area contributed by atoms with Gasteiger partial charge in [0.05, 0.1) is 4.92 Å². The van der Waals surface area contributed by atoms with Crippen LogP contribution in [-0.4, -0.2) is 39.8 Å². The average molecular weight is 383 g/mol. The first-order valence-corrected chi connectivity index (χ1v) is 7.88. The molecule has 2 rings (SSSR count). The number of hydrogen-bond donors (Lipinski definition) is 1. The average Bonchev–Trinajstić information content (AvgIpc) is 2.52. The molecule has 23 heavy (non-hydrogen) atoms. The molecule has 0 aliphatic carbocycles. The van der Waals surface area contributed by atoms with Crippen molar-refractivity contribution in [3.05, 3.63) is 55.8 Å². The standard InChI is InChI=1S/C15H15BrN2O5/c16-11-6-4-10(5-7-11)14(19)12(13(15(20)21)18(22)23)17-8-2-1-3-9-17/h4-7H,1-3,8-9H2,(H,20,21)/b13-12+. The predicted molar refractivity (Wildman–Crippen MR) is 85.6 cm³/mol. The van der Waals surface area contributed by atoms with E-state index in [4.69, 9.17) is 0 Å². The number of aliphatic carboxylic acids is 1. The number of piperidine rings is 1. The summed E-state index contributed by atoms with van der Waals surface area (Å²) in [5.41, 5.74) is -1.20. The van der Waals surface area contributed by atoms with Crippen molar-refractivity contribution in [1.82, 2.24) is 4.90 Å². The zero-order valence-electron chi connectivity index (χ0n) is 12.2. The number of carbonyl (C=O) groups is 2. The Morgan fingerprint density at radius 1 is 1.13 bits per heavy atom. The number of nitrogens with zero attached hydrogens (tertiary/aromatic N) is 2. The largest absolute Gasteiger partial charge is 0.473 e. The highest BCUT2D eigenvalue weighted by Gasteiger charge is 2.36. The van der Waals surface area contributed by atoms with Crippen LogP contribution in [0.4, 0.5) is 0 Å². The fourth-order valence-electron chi connectivity index (χ4n) is 2.52. The molecule has 8 heteroatoms. The van der Waals surface area contributed by atoms with Crippen LogP contribution in [0.25, 0.3) is 0 Å². The van der Waals surface area contributed by atoms with E-state index in [2.05, 4.69) is 15.9 Å². The van der Waals surface area contributed by atoms with Crippen molar-refractivity contribution in [2.24, 2.45) is 0 Å². The van der Waals surface area contributed by atoms with Crippen LogP contribution in [0.15, 0.2) is 40.1 Å². The molecule has 1 aromatic rings. The maximum absolute atomic E-state index is 12.7. The fourth-order valence-corrected chi connectivity index (χ4v) is 2.79. The summed E-state index contributed by atoms with van der Waals surface area (Å²) in [5.74, 6) is -2.35. The molecule has 1 N–H and O–H groups in total. The van der Waals surface area contributed by atoms with Crippen LogP contribution in [-0.2, 0) is 4.79 Å². The number of ketones is 1. The Bertz CT molecular complexity index is 647. The summed E-state index contributed by atoms with van der Waals surface area (Å²) in [6, 6.07) is 6.28. The van der Waals surface area contributed by atoms with Crippen LogP contribution in [0.2, 0.25) is 0 Å². The van der Waals surface area contributed by atoms with Crippen LogP contribution >= 0.6 is 15.9 Å². The van der Waals surface area contributed by atoms with Crippen molar-refractivity contribution in [1.29, 1.82) is 0 Å². The lowest BCUT2D eigenvalue weighted by Gasteiger charge is -2.29. The molecule has 0 atom stereocenters. The van der Waals surface area contributed by atoms with E-state index in [0.29, 0.717) is 13.1 Å². The molecule has 0 aromatic heterocycles. The predicted octanol–water partition coefficient (Wildman–Crippen LogP) is 2.69. The van der Waals surface area contributed by atoms with Gasteiger partial charge in [-0.05, 0) is 43.5 Å². The Labute approximate surface area is 140 Å². The molecule has 7 nitrogen and oxygen atoms in total. The van der Waals surface area contributed by atoms with E-state index < -0.39 is 22.4 Å². The Hall–Kier alpha value is -2.22. The third kappa shape index (κ3) is 3.95. The minimum atomic E-state index is -1.71. The van der Waals surface area contributed by atoms with E-state index in [0.717, 1.165) is 23.7 Å². The number of benzene rings is 1. The molecular weight excluding hydrogens is 368 g/mol. The first-order valence-electron chi connectivity index (χ1n) is 7.09. The maximum atomic E-state index is 12.7. The Morgan fingerprint density at radius 3 is 2.17 bits per heavy atom. The number of carbonyl (C=O) groups excluding carboxylic acids is 1. The number of halogens is 1. The minimum Gasteiger partial charge on any atom is -0.473 e. The molecule has 1 aromatic carbocycles. The second-order valence-corrected chi connectivity index (χ2v) is 6.06. The van der Waals surface area contributed by atoms with Crippen molar-refractivity contribution >= 4 is 27.7 Å². The molecule has 1 heterocycles. The second-order valence-electron chi connectivity index (χ2n) is 5.14. The number of Topliss-reactive ketones (excluding diaryl/α,β-unsaturated/α-hetero) is 1. The first kappa shape index (κ1) is 17.1. The minimum absolute atomic E-state index is 0.217. The summed E-state index contributed by atoms with van der Waals surface area (Å²) in [5, 5.41) is 20.4. The molecule has 1 aliphatic heterocycles. The molecule has 0 spiro atoms. The van der Waals surface area contributed by atoms with Crippen molar-refractivity contribution in [2.45, 2.75) is 19.3 Å². The number of allylic oxidation sites excluding steroid dienone is 1. The molecule has 1 aliphatic rings. The maximum Gasteiger partial charge on any atom is 0.409 e. The number of hydrogen-bond acceptors (Lipinski definition) is 5. The van der Waals surface area contributed by atoms with E-state index in [9.17, 15) is 24.8 Å². The molecular formula is C15H15BrN2O5. The van der Waals surface area contributed by atoms with Crippen LogP contribution in [0.1, 0.15) is 29.6 Å². The van der Waals surface area contributed by atoms with E-state index in [-0.39, 0.29) is 11.3 Å². The van der Waals surface area contributed by atoms with Crippen LogP contribution in [0.3, 0.4) is 0 Å². The highest BCUT2D eigenvalue weighted by Crippen LogP contribution is 2.23. The fraction of sp³-hybridized carbons (Fsp3) is 0.333. The molecule has 0 unspecified atom stereocenters. The summed E-state index contributed by atoms with van der Waals surface area (Å²) in [6.07, 6.45) is 2.49. The number of nitro groups is 1. The molecule has 0 amide bonds. The molecule has 1 saturated heterocycles. The topological polar surface area (TPSA) is 101 Å². The quantitative estimate of drug-likeness (QED) is 0.363. The van der Waals surface area contributed by atoms with Gasteiger partial charge in [0, 0.05) is 23.1 Å². The third-order valence-electron chi connectivity index (χ3n) is 3.60. The summed E-state index contributed by atoms with van der Waals surface area (Å²) in [7, 11) is 0. The number of carboxylic acid groups (broad SMARTS) is 1. The monoisotopic (exact) mass is 382 g/mol. The highest BCUT2D eigenvalue weighted by atomic mass is 79.9.